The van der Waals surface area contributed by atoms with E-state index >= 15 is 0 Å². The number of aromatic nitrogens is 4. The zero-order chi connectivity index (χ0) is 17.8. The van der Waals surface area contributed by atoms with Crippen LogP contribution in [0.1, 0.15) is 18.5 Å². The second kappa shape index (κ2) is 5.37. The normalized spacial score (nSPS) is 17.8. The Morgan fingerprint density at radius 1 is 1.12 bits per heavy atom. The Morgan fingerprint density at radius 2 is 1.92 bits per heavy atom. The molecule has 1 aliphatic heterocycles. The zero-order valence-electron chi connectivity index (χ0n) is 13.7. The van der Waals surface area contributed by atoms with Gasteiger partial charge in [0.05, 0.1) is 35.1 Å². The number of nitrogens with one attached hydrogen (secondary N) is 1. The number of aliphatic hydroxyl groups excluding tert-OH is 1. The van der Waals surface area contributed by atoms with Crippen molar-refractivity contribution >= 4 is 45.4 Å². The molecule has 2 aromatic carbocycles. The lowest BCUT2D eigenvalue weighted by Gasteiger charge is -2.26. The number of anilines is 1. The van der Waals surface area contributed by atoms with Gasteiger partial charge >= 0.3 is 0 Å². The van der Waals surface area contributed by atoms with E-state index in [1.54, 1.807) is 18.2 Å². The number of nitrogens with zero attached hydrogens (tertiary/aromatic N) is 4. The van der Waals surface area contributed by atoms with Crippen LogP contribution in [0.4, 0.5) is 5.69 Å². The quantitative estimate of drug-likeness (QED) is 0.568. The van der Waals surface area contributed by atoms with Crippen LogP contribution in [0.3, 0.4) is 0 Å². The third-order valence-electron chi connectivity index (χ3n) is 4.74. The van der Waals surface area contributed by atoms with E-state index in [-0.39, 0.29) is 5.76 Å². The summed E-state index contributed by atoms with van der Waals surface area (Å²) in [5, 5.41) is 10.3. The summed E-state index contributed by atoms with van der Waals surface area (Å²) in [7, 11) is 0. The predicted molar refractivity (Wildman–Crippen MR) is 99.1 cm³/mol. The predicted octanol–water partition coefficient (Wildman–Crippen LogP) is 3.49. The van der Waals surface area contributed by atoms with E-state index < -0.39 is 11.9 Å². The van der Waals surface area contributed by atoms with Gasteiger partial charge in [-0.1, -0.05) is 6.07 Å². The van der Waals surface area contributed by atoms with E-state index in [0.717, 1.165) is 39.4 Å². The molecule has 1 atom stereocenters. The molecule has 0 bridgehead atoms. The van der Waals surface area contributed by atoms with Crippen molar-refractivity contribution in [1.82, 2.24) is 18.7 Å². The number of carbonyl (C=O) groups is 1. The van der Waals surface area contributed by atoms with Crippen LogP contribution >= 0.6 is 11.7 Å². The van der Waals surface area contributed by atoms with E-state index in [2.05, 4.69) is 18.7 Å². The molecular weight excluding hydrogens is 350 g/mol. The van der Waals surface area contributed by atoms with E-state index in [4.69, 9.17) is 0 Å². The van der Waals surface area contributed by atoms with Crippen LogP contribution < -0.4 is 4.90 Å². The Hall–Kier alpha value is -3.26. The molecule has 4 aromatic rings. The van der Waals surface area contributed by atoms with E-state index in [9.17, 15) is 9.90 Å². The minimum absolute atomic E-state index is 0.212. The molecule has 2 aromatic heterocycles. The summed E-state index contributed by atoms with van der Waals surface area (Å²) in [6, 6.07) is 10.9. The van der Waals surface area contributed by atoms with Gasteiger partial charge in [0, 0.05) is 11.3 Å². The highest BCUT2D eigenvalue weighted by atomic mass is 32.1. The number of amides is 1. The maximum atomic E-state index is 12.8. The first-order valence-corrected chi connectivity index (χ1v) is 8.75. The average molecular weight is 363 g/mol. The van der Waals surface area contributed by atoms with Crippen LogP contribution in [0.2, 0.25) is 0 Å². The Morgan fingerprint density at radius 3 is 2.81 bits per heavy atom. The van der Waals surface area contributed by atoms with Crippen molar-refractivity contribution in [1.29, 1.82) is 0 Å². The number of hydrogen-bond acceptors (Lipinski definition) is 6. The number of benzene rings is 2. The summed E-state index contributed by atoms with van der Waals surface area (Å²) in [4.78, 5) is 21.6. The van der Waals surface area contributed by atoms with Crippen LogP contribution in [0.5, 0.6) is 0 Å². The van der Waals surface area contributed by atoms with Crippen molar-refractivity contribution in [3.8, 4) is 0 Å². The van der Waals surface area contributed by atoms with Gasteiger partial charge in [-0.25, -0.2) is 4.98 Å². The number of aliphatic hydroxyl groups is 1. The molecule has 0 saturated heterocycles. The lowest BCUT2D eigenvalue weighted by molar-refractivity contribution is -0.117. The molecule has 0 spiro atoms. The summed E-state index contributed by atoms with van der Waals surface area (Å²) in [6.45, 7) is 1.77. The lowest BCUT2D eigenvalue weighted by atomic mass is 9.99. The third kappa shape index (κ3) is 2.05. The fourth-order valence-electron chi connectivity index (χ4n) is 3.43. The van der Waals surface area contributed by atoms with Crippen LogP contribution in [-0.2, 0) is 4.79 Å². The molecule has 26 heavy (non-hydrogen) atoms. The number of imidazole rings is 1. The van der Waals surface area contributed by atoms with Crippen LogP contribution in [0, 0.1) is 0 Å². The van der Waals surface area contributed by atoms with Crippen molar-refractivity contribution in [3.63, 3.8) is 0 Å². The molecule has 128 valence electrons. The molecule has 1 aliphatic rings. The molecule has 8 heteroatoms. The largest absolute Gasteiger partial charge is 0.503 e. The van der Waals surface area contributed by atoms with E-state index in [0.29, 0.717) is 11.3 Å². The third-order valence-corrected chi connectivity index (χ3v) is 5.30. The van der Waals surface area contributed by atoms with Gasteiger partial charge in [0.2, 0.25) is 0 Å². The second-order valence-electron chi connectivity index (χ2n) is 6.23. The maximum absolute atomic E-state index is 12.8. The zero-order valence-corrected chi connectivity index (χ0v) is 14.5. The lowest BCUT2D eigenvalue weighted by Crippen LogP contribution is -2.30. The van der Waals surface area contributed by atoms with Gasteiger partial charge in [-0.2, -0.15) is 8.75 Å². The molecule has 0 fully saturated rings. The SMILES string of the molecule is CC1=C(O)C(=O)N(c2ccc3nc[nH]c3c2)C1c1ccc2nsnc2c1. The summed E-state index contributed by atoms with van der Waals surface area (Å²) in [5.74, 6) is -0.626. The molecule has 5 rings (SSSR count). The van der Waals surface area contributed by atoms with Crippen molar-refractivity contribution < 1.29 is 9.90 Å². The molecule has 1 amide bonds. The van der Waals surface area contributed by atoms with Crippen molar-refractivity contribution in [2.75, 3.05) is 4.90 Å². The van der Waals surface area contributed by atoms with E-state index in [1.807, 2.05) is 36.4 Å². The highest BCUT2D eigenvalue weighted by Gasteiger charge is 2.39. The molecule has 0 radical (unpaired) electrons. The van der Waals surface area contributed by atoms with Crippen molar-refractivity contribution in [3.05, 3.63) is 59.6 Å². The summed E-state index contributed by atoms with van der Waals surface area (Å²) < 4.78 is 8.50. The number of aromatic amines is 1. The Balaban J connectivity index is 1.67. The van der Waals surface area contributed by atoms with Crippen LogP contribution in [0.15, 0.2) is 54.1 Å². The minimum Gasteiger partial charge on any atom is -0.503 e. The Kier molecular flexibility index (Phi) is 3.10. The van der Waals surface area contributed by atoms with Gasteiger partial charge in [0.15, 0.2) is 5.76 Å². The number of hydrogen-bond donors (Lipinski definition) is 2. The van der Waals surface area contributed by atoms with Crippen LogP contribution in [0.25, 0.3) is 22.1 Å². The molecule has 3 heterocycles. The summed E-state index contributed by atoms with van der Waals surface area (Å²) in [6.07, 6.45) is 1.61. The topological polar surface area (TPSA) is 95.0 Å². The fraction of sp³-hybridized carbons (Fsp3) is 0.111. The monoisotopic (exact) mass is 363 g/mol. The molecular formula is C18H13N5O2S. The molecule has 7 nitrogen and oxygen atoms in total. The smallest absolute Gasteiger partial charge is 0.293 e. The minimum atomic E-state index is -0.414. The second-order valence-corrected chi connectivity index (χ2v) is 6.75. The molecule has 2 N–H and O–H groups in total. The molecule has 0 aliphatic carbocycles. The van der Waals surface area contributed by atoms with Crippen LogP contribution in [-0.4, -0.2) is 29.7 Å². The first-order chi connectivity index (χ1) is 12.6. The fourth-order valence-corrected chi connectivity index (χ4v) is 3.95. The molecule has 0 saturated carbocycles. The number of rotatable bonds is 2. The maximum Gasteiger partial charge on any atom is 0.293 e. The van der Waals surface area contributed by atoms with Gasteiger partial charge in [-0.15, -0.1) is 0 Å². The first-order valence-electron chi connectivity index (χ1n) is 8.02. The van der Waals surface area contributed by atoms with Gasteiger partial charge in [0.25, 0.3) is 5.91 Å². The first kappa shape index (κ1) is 15.0. The Labute approximate surface area is 151 Å². The molecule has 1 unspecified atom stereocenters. The number of H-pyrrole nitrogens is 1. The summed E-state index contributed by atoms with van der Waals surface area (Å²) >= 11 is 1.15. The highest BCUT2D eigenvalue weighted by molar-refractivity contribution is 7.00. The average Bonchev–Trinajstić information content (AvgIpc) is 3.35. The number of carbonyl (C=O) groups excluding carboxylic acids is 1. The van der Waals surface area contributed by atoms with Gasteiger partial charge in [-0.3, -0.25) is 9.69 Å². The van der Waals surface area contributed by atoms with E-state index in [1.165, 1.54) is 0 Å². The standard InChI is InChI=1S/C18H13N5O2S/c1-9-16(10-2-4-13-15(6-10)22-26-21-13)23(18(25)17(9)24)11-3-5-12-14(7-11)20-8-19-12/h2-8,16,24H,1H3,(H,19,20). The van der Waals surface area contributed by atoms with Gasteiger partial charge in [0.1, 0.15) is 11.0 Å². The van der Waals surface area contributed by atoms with Crippen molar-refractivity contribution in [2.24, 2.45) is 0 Å². The van der Waals surface area contributed by atoms with Crippen molar-refractivity contribution in [2.45, 2.75) is 13.0 Å². The summed E-state index contributed by atoms with van der Waals surface area (Å²) in [5.41, 5.74) is 5.43. The van der Waals surface area contributed by atoms with Gasteiger partial charge in [-0.05, 0) is 42.8 Å². The highest BCUT2D eigenvalue weighted by Crippen LogP contribution is 2.41. The Bertz CT molecular complexity index is 1210. The number of fused-ring (bicyclic) bond motifs is 2. The van der Waals surface area contributed by atoms with Gasteiger partial charge < -0.3 is 10.1 Å².